The molecule has 0 atom stereocenters. The van der Waals surface area contributed by atoms with Crippen molar-refractivity contribution in [2.45, 2.75) is 6.42 Å². The summed E-state index contributed by atoms with van der Waals surface area (Å²) in [7, 11) is 0. The van der Waals surface area contributed by atoms with Gasteiger partial charge in [0, 0.05) is 13.0 Å². The van der Waals surface area contributed by atoms with Gasteiger partial charge in [0.2, 0.25) is 0 Å². The Morgan fingerprint density at radius 1 is 0.905 bits per heavy atom. The number of nitrogens with zero attached hydrogens (tertiary/aromatic N) is 1. The van der Waals surface area contributed by atoms with Crippen LogP contribution in [-0.2, 0) is 19.2 Å². The van der Waals surface area contributed by atoms with Gasteiger partial charge in [-0.2, -0.15) is 0 Å². The van der Waals surface area contributed by atoms with Gasteiger partial charge in [-0.15, -0.1) is 0 Å². The summed E-state index contributed by atoms with van der Waals surface area (Å²) in [5.41, 5.74) is 10.2. The molecular weight excluding hydrogens is 284 g/mol. The van der Waals surface area contributed by atoms with Crippen LogP contribution in [0.4, 0.5) is 0 Å². The van der Waals surface area contributed by atoms with Crippen molar-refractivity contribution < 1.29 is 33.9 Å². The predicted molar refractivity (Wildman–Crippen MR) is 70.9 cm³/mol. The Hall–Kier alpha value is -2.20. The number of aliphatic carboxylic acids is 2. The zero-order valence-corrected chi connectivity index (χ0v) is 11.6. The Morgan fingerprint density at radius 2 is 1.43 bits per heavy atom. The molecule has 0 unspecified atom stereocenters. The maximum Gasteiger partial charge on any atom is 0.359 e. The molecule has 0 heterocycles. The van der Waals surface area contributed by atoms with Gasteiger partial charge < -0.3 is 27.0 Å². The van der Waals surface area contributed by atoms with E-state index in [1.165, 1.54) is 0 Å². The van der Waals surface area contributed by atoms with Gasteiger partial charge in [0.05, 0.1) is 13.1 Å². The van der Waals surface area contributed by atoms with Gasteiger partial charge in [0.15, 0.2) is 19.6 Å². The molecule has 0 bridgehead atoms. The normalized spacial score (nSPS) is 11.0. The summed E-state index contributed by atoms with van der Waals surface area (Å²) in [5.74, 6) is -3.68. The number of carboxylic acids is 2. The summed E-state index contributed by atoms with van der Waals surface area (Å²) in [4.78, 5) is 43.5. The van der Waals surface area contributed by atoms with Crippen LogP contribution in [0.5, 0.6) is 0 Å². The number of hydrogen-bond donors (Lipinski definition) is 5. The number of rotatable bonds is 12. The van der Waals surface area contributed by atoms with Crippen LogP contribution < -0.4 is 16.8 Å². The highest BCUT2D eigenvalue weighted by molar-refractivity contribution is 5.78. The van der Waals surface area contributed by atoms with Crippen molar-refractivity contribution in [1.29, 1.82) is 0 Å². The van der Waals surface area contributed by atoms with E-state index in [-0.39, 0.29) is 30.7 Å². The van der Waals surface area contributed by atoms with E-state index < -0.39 is 30.3 Å². The smallest absolute Gasteiger partial charge is 0.359 e. The van der Waals surface area contributed by atoms with E-state index in [2.05, 4.69) is 5.32 Å². The van der Waals surface area contributed by atoms with E-state index >= 15 is 0 Å². The average Bonchev–Trinajstić information content (AvgIpc) is 2.24. The van der Waals surface area contributed by atoms with E-state index in [1.54, 1.807) is 0 Å². The Kier molecular flexibility index (Phi) is 7.94. The summed E-state index contributed by atoms with van der Waals surface area (Å²) in [6.45, 7) is -0.897. The Morgan fingerprint density at radius 3 is 1.81 bits per heavy atom. The third-order valence-electron chi connectivity index (χ3n) is 2.72. The quantitative estimate of drug-likeness (QED) is 0.188. The van der Waals surface area contributed by atoms with Crippen molar-refractivity contribution in [3.05, 3.63) is 0 Å². The largest absolute Gasteiger partial charge is 0.480 e. The second kappa shape index (κ2) is 8.87. The minimum absolute atomic E-state index is 0.158. The number of nitrogens with one attached hydrogen (secondary N) is 1. The molecule has 0 aromatic heterocycles. The van der Waals surface area contributed by atoms with Crippen molar-refractivity contribution in [2.24, 2.45) is 11.5 Å². The summed E-state index contributed by atoms with van der Waals surface area (Å²) < 4.78 is -0.380. The highest BCUT2D eigenvalue weighted by Gasteiger charge is 2.34. The first kappa shape index (κ1) is 18.8. The van der Waals surface area contributed by atoms with Gasteiger partial charge in [-0.05, 0) is 0 Å². The van der Waals surface area contributed by atoms with Crippen LogP contribution in [-0.4, -0.2) is 77.7 Å². The van der Waals surface area contributed by atoms with Crippen LogP contribution in [0.15, 0.2) is 0 Å². The number of primary amides is 2. The average molecular weight is 305 g/mol. The highest BCUT2D eigenvalue weighted by atomic mass is 16.4. The number of quaternary nitrogens is 1. The number of nitrogens with two attached hydrogens (primary N) is 2. The molecule has 2 amide bonds. The van der Waals surface area contributed by atoms with Gasteiger partial charge in [-0.25, -0.2) is 4.79 Å². The van der Waals surface area contributed by atoms with E-state index in [0.29, 0.717) is 13.0 Å². The molecule has 21 heavy (non-hydrogen) atoms. The lowest BCUT2D eigenvalue weighted by atomic mass is 10.2. The predicted octanol–water partition coefficient (Wildman–Crippen LogP) is -3.08. The standard InChI is InChI=1S/C11H20N4O6/c12-8(16)5-15(6-9(13)17,7-11(20)21)3-1-2-14-4-10(18)19/h14H,1-7H2,(H5-,12,13,16,17,18,19,20,21)/p+1. The SMILES string of the molecule is NC(=O)C[N+](CCCNCC(=O)O)(CC(N)=O)CC(=O)O. The fourth-order valence-corrected chi connectivity index (χ4v) is 2.09. The van der Waals surface area contributed by atoms with Gasteiger partial charge >= 0.3 is 11.9 Å². The maximum atomic E-state index is 11.1. The van der Waals surface area contributed by atoms with Crippen molar-refractivity contribution in [3.8, 4) is 0 Å². The molecule has 0 aliphatic heterocycles. The Balaban J connectivity index is 4.72. The molecule has 7 N–H and O–H groups in total. The minimum Gasteiger partial charge on any atom is -0.480 e. The monoisotopic (exact) mass is 305 g/mol. The summed E-state index contributed by atoms with van der Waals surface area (Å²) >= 11 is 0. The zero-order valence-electron chi connectivity index (χ0n) is 11.6. The molecule has 0 spiro atoms. The van der Waals surface area contributed by atoms with Gasteiger partial charge in [-0.3, -0.25) is 18.9 Å². The van der Waals surface area contributed by atoms with E-state index in [4.69, 9.17) is 21.7 Å². The Labute approximate surface area is 121 Å². The van der Waals surface area contributed by atoms with E-state index in [1.807, 2.05) is 0 Å². The van der Waals surface area contributed by atoms with Crippen LogP contribution in [0.25, 0.3) is 0 Å². The lowest BCUT2D eigenvalue weighted by molar-refractivity contribution is -0.906. The molecule has 0 saturated carbocycles. The molecule has 10 heteroatoms. The first-order valence-corrected chi connectivity index (χ1v) is 6.23. The molecule has 0 aromatic carbocycles. The van der Waals surface area contributed by atoms with Crippen LogP contribution >= 0.6 is 0 Å². The molecule has 0 radical (unpaired) electrons. The number of amides is 2. The second-order valence-corrected chi connectivity index (χ2v) is 4.79. The first-order chi connectivity index (χ1) is 9.67. The van der Waals surface area contributed by atoms with Crippen LogP contribution in [0.1, 0.15) is 6.42 Å². The number of carboxylic acid groups (broad SMARTS) is 2. The number of carbonyl (C=O) groups is 4. The third kappa shape index (κ3) is 9.35. The molecule has 0 fully saturated rings. The molecule has 120 valence electrons. The molecule has 0 aliphatic carbocycles. The zero-order chi connectivity index (χ0) is 16.5. The van der Waals surface area contributed by atoms with Crippen LogP contribution in [0.2, 0.25) is 0 Å². The lowest BCUT2D eigenvalue weighted by Gasteiger charge is -2.35. The topological polar surface area (TPSA) is 173 Å². The van der Waals surface area contributed by atoms with Crippen molar-refractivity contribution in [1.82, 2.24) is 5.32 Å². The maximum absolute atomic E-state index is 11.1. The first-order valence-electron chi connectivity index (χ1n) is 6.23. The van der Waals surface area contributed by atoms with Crippen molar-refractivity contribution >= 4 is 23.8 Å². The fourth-order valence-electron chi connectivity index (χ4n) is 2.09. The van der Waals surface area contributed by atoms with Crippen LogP contribution in [0.3, 0.4) is 0 Å². The highest BCUT2D eigenvalue weighted by Crippen LogP contribution is 2.08. The summed E-state index contributed by atoms with van der Waals surface area (Å²) in [6.07, 6.45) is 0.362. The second-order valence-electron chi connectivity index (χ2n) is 4.79. The van der Waals surface area contributed by atoms with Gasteiger partial charge in [0.25, 0.3) is 11.8 Å². The van der Waals surface area contributed by atoms with E-state index in [0.717, 1.165) is 0 Å². The third-order valence-corrected chi connectivity index (χ3v) is 2.72. The molecule has 10 nitrogen and oxygen atoms in total. The number of hydrogen-bond acceptors (Lipinski definition) is 5. The Bertz CT molecular complexity index is 371. The summed E-state index contributed by atoms with van der Waals surface area (Å²) in [5, 5.41) is 20.0. The molecule has 0 saturated heterocycles. The summed E-state index contributed by atoms with van der Waals surface area (Å²) in [6, 6.07) is 0. The number of carbonyl (C=O) groups excluding carboxylic acids is 2. The lowest BCUT2D eigenvalue weighted by Crippen LogP contribution is -2.59. The molecular formula is C11H21N4O6+. The van der Waals surface area contributed by atoms with Crippen molar-refractivity contribution in [3.63, 3.8) is 0 Å². The molecule has 0 aliphatic rings. The van der Waals surface area contributed by atoms with Gasteiger partial charge in [-0.1, -0.05) is 0 Å². The van der Waals surface area contributed by atoms with Gasteiger partial charge in [0.1, 0.15) is 0 Å². The minimum atomic E-state index is -1.18. The van der Waals surface area contributed by atoms with Crippen molar-refractivity contribution in [2.75, 3.05) is 39.3 Å². The van der Waals surface area contributed by atoms with Crippen LogP contribution in [0, 0.1) is 0 Å². The fraction of sp³-hybridized carbons (Fsp3) is 0.636. The van der Waals surface area contributed by atoms with E-state index in [9.17, 15) is 19.2 Å². The molecule has 0 rings (SSSR count). The molecule has 0 aromatic rings.